The third-order valence-electron chi connectivity index (χ3n) is 4.44. The van der Waals surface area contributed by atoms with E-state index in [2.05, 4.69) is 16.0 Å². The fourth-order valence-electron chi connectivity index (χ4n) is 3.35. The van der Waals surface area contributed by atoms with Gasteiger partial charge in [-0.3, -0.25) is 14.9 Å². The molecule has 0 radical (unpaired) electrons. The molecule has 0 aromatic rings. The van der Waals surface area contributed by atoms with Crippen molar-refractivity contribution in [2.75, 3.05) is 19.6 Å². The van der Waals surface area contributed by atoms with Crippen LogP contribution in [-0.4, -0.2) is 54.0 Å². The molecule has 3 aliphatic rings. The van der Waals surface area contributed by atoms with Gasteiger partial charge in [-0.2, -0.15) is 0 Å². The van der Waals surface area contributed by atoms with Gasteiger partial charge in [-0.1, -0.05) is 0 Å². The zero-order valence-electron chi connectivity index (χ0n) is 11.4. The molecule has 3 aliphatic heterocycles. The molecular formula is C13H20N4O3. The lowest BCUT2D eigenvalue weighted by Crippen LogP contribution is -2.59. The molecule has 0 saturated carbocycles. The Morgan fingerprint density at radius 3 is 2.85 bits per heavy atom. The van der Waals surface area contributed by atoms with E-state index in [-0.39, 0.29) is 24.4 Å². The minimum atomic E-state index is -0.909. The smallest absolute Gasteiger partial charge is 0.322 e. The third kappa shape index (κ3) is 2.37. The lowest BCUT2D eigenvalue weighted by molar-refractivity contribution is -0.136. The van der Waals surface area contributed by atoms with Crippen molar-refractivity contribution in [3.8, 4) is 0 Å². The van der Waals surface area contributed by atoms with Crippen LogP contribution >= 0.6 is 0 Å². The van der Waals surface area contributed by atoms with Crippen molar-refractivity contribution in [1.82, 2.24) is 20.9 Å². The fraction of sp³-hybridized carbons (Fsp3) is 0.769. The summed E-state index contributed by atoms with van der Waals surface area (Å²) >= 11 is 0. The second-order valence-electron chi connectivity index (χ2n) is 5.91. The highest BCUT2D eigenvalue weighted by Crippen LogP contribution is 2.25. The van der Waals surface area contributed by atoms with Crippen molar-refractivity contribution in [3.05, 3.63) is 0 Å². The van der Waals surface area contributed by atoms with E-state index < -0.39 is 11.6 Å². The van der Waals surface area contributed by atoms with Gasteiger partial charge in [0.15, 0.2) is 0 Å². The average Bonchev–Trinajstić information content (AvgIpc) is 2.99. The van der Waals surface area contributed by atoms with E-state index in [0.29, 0.717) is 19.4 Å². The maximum Gasteiger partial charge on any atom is 0.322 e. The van der Waals surface area contributed by atoms with E-state index in [1.54, 1.807) is 4.90 Å². The summed E-state index contributed by atoms with van der Waals surface area (Å²) in [4.78, 5) is 37.3. The normalized spacial score (nSPS) is 33.4. The minimum absolute atomic E-state index is 0.0671. The minimum Gasteiger partial charge on any atom is -0.340 e. The Bertz CT molecular complexity index is 447. The largest absolute Gasteiger partial charge is 0.340 e. The Balaban J connectivity index is 1.64. The predicted molar refractivity (Wildman–Crippen MR) is 70.9 cm³/mol. The summed E-state index contributed by atoms with van der Waals surface area (Å²) in [5, 5.41) is 8.27. The molecular weight excluding hydrogens is 260 g/mol. The van der Waals surface area contributed by atoms with Crippen LogP contribution < -0.4 is 16.0 Å². The summed E-state index contributed by atoms with van der Waals surface area (Å²) in [6, 6.07) is -0.200. The first-order valence-electron chi connectivity index (χ1n) is 7.24. The van der Waals surface area contributed by atoms with Crippen LogP contribution in [0.4, 0.5) is 4.79 Å². The van der Waals surface area contributed by atoms with Gasteiger partial charge in [0.05, 0.1) is 6.54 Å². The van der Waals surface area contributed by atoms with Gasteiger partial charge in [-0.05, 0) is 32.2 Å². The molecule has 2 unspecified atom stereocenters. The highest BCUT2D eigenvalue weighted by Gasteiger charge is 2.49. The van der Waals surface area contributed by atoms with Gasteiger partial charge >= 0.3 is 6.03 Å². The standard InChI is InChI=1S/C13H20N4O3/c18-10(7-9-3-1-5-14-9)17-6-2-4-13(8-17)11(19)15-12(20)16-13/h9,14H,1-8H2,(H2,15,16,19,20). The molecule has 1 spiro atoms. The number of rotatable bonds is 2. The lowest BCUT2D eigenvalue weighted by atomic mass is 9.89. The monoisotopic (exact) mass is 280 g/mol. The van der Waals surface area contributed by atoms with Gasteiger partial charge in [-0.15, -0.1) is 0 Å². The molecule has 3 saturated heterocycles. The predicted octanol–water partition coefficient (Wildman–Crippen LogP) is -0.671. The zero-order chi connectivity index (χ0) is 14.2. The first-order valence-corrected chi connectivity index (χ1v) is 7.24. The summed E-state index contributed by atoms with van der Waals surface area (Å²) in [7, 11) is 0. The maximum absolute atomic E-state index is 12.3. The maximum atomic E-state index is 12.3. The van der Waals surface area contributed by atoms with Crippen LogP contribution in [0.5, 0.6) is 0 Å². The summed E-state index contributed by atoms with van der Waals surface area (Å²) in [5.41, 5.74) is -0.909. The molecule has 7 heteroatoms. The van der Waals surface area contributed by atoms with Crippen molar-refractivity contribution < 1.29 is 14.4 Å². The Morgan fingerprint density at radius 1 is 1.35 bits per heavy atom. The number of hydrogen-bond acceptors (Lipinski definition) is 4. The van der Waals surface area contributed by atoms with Crippen LogP contribution in [0.25, 0.3) is 0 Å². The Kier molecular flexibility index (Phi) is 3.37. The SMILES string of the molecule is O=C1NC(=O)C2(CCCN(C(=O)CC3CCCN3)C2)N1. The van der Waals surface area contributed by atoms with E-state index in [0.717, 1.165) is 25.8 Å². The Labute approximate surface area is 117 Å². The third-order valence-corrected chi connectivity index (χ3v) is 4.44. The number of nitrogens with one attached hydrogen (secondary N) is 3. The highest BCUT2D eigenvalue weighted by atomic mass is 16.2. The van der Waals surface area contributed by atoms with Crippen LogP contribution in [0.2, 0.25) is 0 Å². The van der Waals surface area contributed by atoms with Crippen molar-refractivity contribution in [1.29, 1.82) is 0 Å². The number of imide groups is 1. The van der Waals surface area contributed by atoms with Crippen molar-refractivity contribution in [3.63, 3.8) is 0 Å². The van der Waals surface area contributed by atoms with Crippen molar-refractivity contribution in [2.45, 2.75) is 43.7 Å². The molecule has 0 bridgehead atoms. The number of amides is 4. The average molecular weight is 280 g/mol. The van der Waals surface area contributed by atoms with Crippen LogP contribution in [0.3, 0.4) is 0 Å². The van der Waals surface area contributed by atoms with E-state index >= 15 is 0 Å². The summed E-state index contributed by atoms with van der Waals surface area (Å²) in [5.74, 6) is -0.239. The van der Waals surface area contributed by atoms with Gasteiger partial charge in [0.1, 0.15) is 5.54 Å². The van der Waals surface area contributed by atoms with Crippen LogP contribution in [0.15, 0.2) is 0 Å². The first kappa shape index (κ1) is 13.4. The van der Waals surface area contributed by atoms with Crippen LogP contribution in [0.1, 0.15) is 32.1 Å². The Hall–Kier alpha value is -1.63. The number of carbonyl (C=O) groups excluding carboxylic acids is 3. The molecule has 3 rings (SSSR count). The second kappa shape index (κ2) is 5.05. The topological polar surface area (TPSA) is 90.5 Å². The van der Waals surface area contributed by atoms with Crippen LogP contribution in [0, 0.1) is 0 Å². The van der Waals surface area contributed by atoms with Gasteiger partial charge < -0.3 is 15.5 Å². The molecule has 7 nitrogen and oxygen atoms in total. The van der Waals surface area contributed by atoms with E-state index in [1.807, 2.05) is 0 Å². The van der Waals surface area contributed by atoms with Gasteiger partial charge in [0, 0.05) is 19.0 Å². The number of piperidine rings is 1. The number of urea groups is 1. The molecule has 4 amide bonds. The summed E-state index contributed by atoms with van der Waals surface area (Å²) in [6.07, 6.45) is 3.95. The summed E-state index contributed by atoms with van der Waals surface area (Å²) in [6.45, 7) is 1.92. The van der Waals surface area contributed by atoms with Crippen molar-refractivity contribution >= 4 is 17.8 Å². The second-order valence-corrected chi connectivity index (χ2v) is 5.91. The summed E-state index contributed by atoms with van der Waals surface area (Å²) < 4.78 is 0. The first-order chi connectivity index (χ1) is 9.59. The van der Waals surface area contributed by atoms with Gasteiger partial charge in [0.25, 0.3) is 5.91 Å². The lowest BCUT2D eigenvalue weighted by Gasteiger charge is -2.38. The molecule has 3 heterocycles. The molecule has 110 valence electrons. The van der Waals surface area contributed by atoms with Gasteiger partial charge in [0.2, 0.25) is 5.91 Å². The zero-order valence-corrected chi connectivity index (χ0v) is 11.4. The van der Waals surface area contributed by atoms with Crippen molar-refractivity contribution in [2.24, 2.45) is 0 Å². The van der Waals surface area contributed by atoms with Crippen LogP contribution in [-0.2, 0) is 9.59 Å². The molecule has 3 N–H and O–H groups in total. The van der Waals surface area contributed by atoms with Gasteiger partial charge in [-0.25, -0.2) is 4.79 Å². The molecule has 2 atom stereocenters. The number of nitrogens with zero attached hydrogens (tertiary/aromatic N) is 1. The molecule has 3 fully saturated rings. The van der Waals surface area contributed by atoms with E-state index in [4.69, 9.17) is 0 Å². The van der Waals surface area contributed by atoms with E-state index in [1.165, 1.54) is 0 Å². The number of likely N-dealkylation sites (tertiary alicyclic amines) is 1. The Morgan fingerprint density at radius 2 is 2.20 bits per heavy atom. The number of carbonyl (C=O) groups is 3. The molecule has 0 aromatic heterocycles. The molecule has 0 aliphatic carbocycles. The highest BCUT2D eigenvalue weighted by molar-refractivity contribution is 6.07. The molecule has 0 aromatic carbocycles. The molecule has 20 heavy (non-hydrogen) atoms. The number of hydrogen-bond donors (Lipinski definition) is 3. The fourth-order valence-corrected chi connectivity index (χ4v) is 3.35. The quantitative estimate of drug-likeness (QED) is 0.585. The van der Waals surface area contributed by atoms with E-state index in [9.17, 15) is 14.4 Å².